The SMILES string of the molecule is CCNc1ncc(C(=O)N2CCCC3CCCC32)cc1Cl. The van der Waals surface area contributed by atoms with Crippen LogP contribution in [0.5, 0.6) is 0 Å². The monoisotopic (exact) mass is 307 g/mol. The van der Waals surface area contributed by atoms with Gasteiger partial charge in [0.05, 0.1) is 10.6 Å². The number of amides is 1. The highest BCUT2D eigenvalue weighted by Gasteiger charge is 2.37. The van der Waals surface area contributed by atoms with Crippen LogP contribution in [0.4, 0.5) is 5.82 Å². The van der Waals surface area contributed by atoms with Crippen LogP contribution in [0.25, 0.3) is 0 Å². The lowest BCUT2D eigenvalue weighted by atomic mass is 9.91. The lowest BCUT2D eigenvalue weighted by Gasteiger charge is -2.37. The highest BCUT2D eigenvalue weighted by molar-refractivity contribution is 6.33. The van der Waals surface area contributed by atoms with E-state index in [2.05, 4.69) is 15.2 Å². The third-order valence-electron chi connectivity index (χ3n) is 4.69. The maximum absolute atomic E-state index is 12.8. The van der Waals surface area contributed by atoms with Gasteiger partial charge < -0.3 is 10.2 Å². The second-order valence-corrected chi connectivity index (χ2v) is 6.39. The summed E-state index contributed by atoms with van der Waals surface area (Å²) >= 11 is 6.21. The summed E-state index contributed by atoms with van der Waals surface area (Å²) in [6, 6.07) is 2.17. The Morgan fingerprint density at radius 1 is 1.43 bits per heavy atom. The highest BCUT2D eigenvalue weighted by atomic mass is 35.5. The number of nitrogens with zero attached hydrogens (tertiary/aromatic N) is 2. The summed E-state index contributed by atoms with van der Waals surface area (Å²) in [5, 5.41) is 3.61. The molecule has 2 heterocycles. The van der Waals surface area contributed by atoms with Gasteiger partial charge in [0.1, 0.15) is 5.82 Å². The first-order valence-corrected chi connectivity index (χ1v) is 8.29. The number of hydrogen-bond acceptors (Lipinski definition) is 3. The summed E-state index contributed by atoms with van der Waals surface area (Å²) in [4.78, 5) is 19.1. The Morgan fingerprint density at radius 3 is 3.00 bits per heavy atom. The molecule has 0 bridgehead atoms. The number of pyridine rings is 1. The van der Waals surface area contributed by atoms with Crippen LogP contribution in [0.15, 0.2) is 12.3 Å². The molecule has 2 unspecified atom stereocenters. The minimum Gasteiger partial charge on any atom is -0.369 e. The Bertz CT molecular complexity index is 534. The van der Waals surface area contributed by atoms with Crippen LogP contribution < -0.4 is 5.32 Å². The number of aromatic nitrogens is 1. The molecule has 2 fully saturated rings. The Balaban J connectivity index is 1.79. The average molecular weight is 308 g/mol. The summed E-state index contributed by atoms with van der Waals surface area (Å²) in [5.41, 5.74) is 0.606. The topological polar surface area (TPSA) is 45.2 Å². The largest absolute Gasteiger partial charge is 0.369 e. The molecule has 1 aromatic rings. The molecule has 0 radical (unpaired) electrons. The van der Waals surface area contributed by atoms with E-state index in [1.165, 1.54) is 19.3 Å². The van der Waals surface area contributed by atoms with Gasteiger partial charge >= 0.3 is 0 Å². The van der Waals surface area contributed by atoms with Crippen molar-refractivity contribution in [3.63, 3.8) is 0 Å². The van der Waals surface area contributed by atoms with E-state index in [1.54, 1.807) is 12.3 Å². The van der Waals surface area contributed by atoms with Crippen molar-refractivity contribution in [1.82, 2.24) is 9.88 Å². The fraction of sp³-hybridized carbons (Fsp3) is 0.625. The predicted molar refractivity (Wildman–Crippen MR) is 84.8 cm³/mol. The van der Waals surface area contributed by atoms with Crippen molar-refractivity contribution < 1.29 is 4.79 Å². The zero-order valence-corrected chi connectivity index (χ0v) is 13.2. The van der Waals surface area contributed by atoms with Crippen LogP contribution in [-0.2, 0) is 0 Å². The molecule has 4 nitrogen and oxygen atoms in total. The first kappa shape index (κ1) is 14.6. The number of carbonyl (C=O) groups excluding carboxylic acids is 1. The van der Waals surface area contributed by atoms with E-state index in [0.29, 0.717) is 28.4 Å². The fourth-order valence-electron chi connectivity index (χ4n) is 3.72. The van der Waals surface area contributed by atoms with Crippen molar-refractivity contribution >= 4 is 23.3 Å². The van der Waals surface area contributed by atoms with E-state index in [-0.39, 0.29) is 5.91 Å². The number of hydrogen-bond donors (Lipinski definition) is 1. The molecule has 1 aromatic heterocycles. The fourth-order valence-corrected chi connectivity index (χ4v) is 3.96. The molecule has 3 rings (SSSR count). The zero-order valence-electron chi connectivity index (χ0n) is 12.4. The zero-order chi connectivity index (χ0) is 14.8. The molecule has 1 amide bonds. The van der Waals surface area contributed by atoms with Crippen LogP contribution in [-0.4, -0.2) is 34.9 Å². The first-order chi connectivity index (χ1) is 10.2. The average Bonchev–Trinajstić information content (AvgIpc) is 2.97. The minimum absolute atomic E-state index is 0.0871. The number of carbonyl (C=O) groups is 1. The molecule has 21 heavy (non-hydrogen) atoms. The standard InChI is InChI=1S/C16H22ClN3O/c1-2-18-15-13(17)9-12(10-19-15)16(21)20-8-4-6-11-5-3-7-14(11)20/h9-11,14H,2-8H2,1H3,(H,18,19). The van der Waals surface area contributed by atoms with Crippen molar-refractivity contribution in [2.24, 2.45) is 5.92 Å². The van der Waals surface area contributed by atoms with Gasteiger partial charge in [0.2, 0.25) is 0 Å². The Kier molecular flexibility index (Phi) is 4.34. The summed E-state index contributed by atoms with van der Waals surface area (Å²) in [5.74, 6) is 1.43. The van der Waals surface area contributed by atoms with Gasteiger partial charge in [0, 0.05) is 25.3 Å². The third kappa shape index (κ3) is 2.86. The predicted octanol–water partition coefficient (Wildman–Crippen LogP) is 3.57. The van der Waals surface area contributed by atoms with Gasteiger partial charge in [-0.05, 0) is 44.6 Å². The molecule has 1 saturated carbocycles. The van der Waals surface area contributed by atoms with Gasteiger partial charge in [-0.15, -0.1) is 0 Å². The number of piperidine rings is 1. The van der Waals surface area contributed by atoms with Crippen LogP contribution in [0.1, 0.15) is 49.4 Å². The van der Waals surface area contributed by atoms with Crippen LogP contribution in [0.2, 0.25) is 5.02 Å². The Morgan fingerprint density at radius 2 is 2.24 bits per heavy atom. The van der Waals surface area contributed by atoms with E-state index < -0.39 is 0 Å². The Hall–Kier alpha value is -1.29. The van der Waals surface area contributed by atoms with E-state index in [4.69, 9.17) is 11.6 Å². The number of fused-ring (bicyclic) bond motifs is 1. The van der Waals surface area contributed by atoms with E-state index in [0.717, 1.165) is 25.9 Å². The van der Waals surface area contributed by atoms with Crippen molar-refractivity contribution in [2.45, 2.75) is 45.1 Å². The van der Waals surface area contributed by atoms with Crippen molar-refractivity contribution in [1.29, 1.82) is 0 Å². The molecule has 0 aromatic carbocycles. The third-order valence-corrected chi connectivity index (χ3v) is 4.97. The molecule has 1 aliphatic heterocycles. The van der Waals surface area contributed by atoms with E-state index in [9.17, 15) is 4.79 Å². The van der Waals surface area contributed by atoms with Crippen molar-refractivity contribution in [2.75, 3.05) is 18.4 Å². The maximum Gasteiger partial charge on any atom is 0.255 e. The molecule has 2 aliphatic rings. The molecule has 0 spiro atoms. The van der Waals surface area contributed by atoms with Crippen molar-refractivity contribution in [3.8, 4) is 0 Å². The van der Waals surface area contributed by atoms with E-state index in [1.807, 2.05) is 6.92 Å². The second kappa shape index (κ2) is 6.22. The number of likely N-dealkylation sites (tertiary alicyclic amines) is 1. The number of rotatable bonds is 3. The summed E-state index contributed by atoms with van der Waals surface area (Å²) in [6.45, 7) is 3.62. The van der Waals surface area contributed by atoms with Crippen LogP contribution in [0.3, 0.4) is 0 Å². The second-order valence-electron chi connectivity index (χ2n) is 5.98. The maximum atomic E-state index is 12.8. The number of halogens is 1. The first-order valence-electron chi connectivity index (χ1n) is 7.91. The van der Waals surface area contributed by atoms with E-state index >= 15 is 0 Å². The van der Waals surface area contributed by atoms with Crippen LogP contribution >= 0.6 is 11.6 Å². The van der Waals surface area contributed by atoms with Crippen LogP contribution in [0, 0.1) is 5.92 Å². The Labute approximate surface area is 130 Å². The lowest BCUT2D eigenvalue weighted by Crippen LogP contribution is -2.46. The van der Waals surface area contributed by atoms with Gasteiger partial charge in [-0.25, -0.2) is 4.98 Å². The summed E-state index contributed by atoms with van der Waals surface area (Å²) < 4.78 is 0. The highest BCUT2D eigenvalue weighted by Crippen LogP contribution is 2.37. The van der Waals surface area contributed by atoms with Gasteiger partial charge in [-0.2, -0.15) is 0 Å². The molecule has 1 N–H and O–H groups in total. The molecule has 114 valence electrons. The normalized spacial score (nSPS) is 24.8. The van der Waals surface area contributed by atoms with Gasteiger partial charge in [0.15, 0.2) is 0 Å². The van der Waals surface area contributed by atoms with Gasteiger partial charge in [-0.1, -0.05) is 18.0 Å². The quantitative estimate of drug-likeness (QED) is 0.928. The summed E-state index contributed by atoms with van der Waals surface area (Å²) in [7, 11) is 0. The molecular formula is C16H22ClN3O. The lowest BCUT2D eigenvalue weighted by molar-refractivity contribution is 0.0548. The number of anilines is 1. The molecule has 5 heteroatoms. The minimum atomic E-state index is 0.0871. The van der Waals surface area contributed by atoms with Gasteiger partial charge in [0.25, 0.3) is 5.91 Å². The molecule has 2 atom stereocenters. The van der Waals surface area contributed by atoms with Crippen molar-refractivity contribution in [3.05, 3.63) is 22.8 Å². The molecule has 1 saturated heterocycles. The number of nitrogens with one attached hydrogen (secondary N) is 1. The molecular weight excluding hydrogens is 286 g/mol. The molecule has 1 aliphatic carbocycles. The summed E-state index contributed by atoms with van der Waals surface area (Å²) in [6.07, 6.45) is 7.69. The van der Waals surface area contributed by atoms with Gasteiger partial charge in [-0.3, -0.25) is 4.79 Å². The smallest absolute Gasteiger partial charge is 0.255 e.